The largest absolute Gasteiger partial charge is 0.368 e. The van der Waals surface area contributed by atoms with Gasteiger partial charge in [-0.05, 0) is 22.0 Å². The third-order valence-corrected chi connectivity index (χ3v) is 4.34. The first-order valence-electron chi connectivity index (χ1n) is 8.16. The van der Waals surface area contributed by atoms with Crippen LogP contribution in [0, 0.1) is 0 Å². The van der Waals surface area contributed by atoms with Crippen molar-refractivity contribution < 1.29 is 0 Å². The Morgan fingerprint density at radius 2 is 1.73 bits per heavy atom. The second kappa shape index (κ2) is 7.49. The van der Waals surface area contributed by atoms with Gasteiger partial charge in [0.25, 0.3) is 0 Å². The third-order valence-electron chi connectivity index (χ3n) is 3.78. The quantitative estimate of drug-likeness (QED) is 0.474. The lowest BCUT2D eigenvalue weighted by Gasteiger charge is -2.11. The number of benzene rings is 1. The lowest BCUT2D eigenvalue weighted by atomic mass is 10.1. The number of anilines is 2. The van der Waals surface area contributed by atoms with E-state index in [1.807, 2.05) is 36.4 Å². The number of rotatable bonds is 6. The number of nitrogens with zero attached hydrogens (tertiary/aromatic N) is 5. The van der Waals surface area contributed by atoms with Gasteiger partial charge in [-0.1, -0.05) is 30.3 Å². The maximum atomic E-state index is 4.72. The molecule has 0 spiro atoms. The van der Waals surface area contributed by atoms with E-state index in [-0.39, 0.29) is 0 Å². The van der Waals surface area contributed by atoms with E-state index in [0.717, 1.165) is 27.2 Å². The van der Waals surface area contributed by atoms with Crippen LogP contribution in [0.1, 0.15) is 0 Å². The van der Waals surface area contributed by atoms with Gasteiger partial charge in [0.2, 0.25) is 5.95 Å². The summed E-state index contributed by atoms with van der Waals surface area (Å²) in [5.74, 6) is 1.48. The van der Waals surface area contributed by atoms with E-state index in [1.165, 1.54) is 0 Å². The topological polar surface area (TPSA) is 80.0 Å². The summed E-state index contributed by atoms with van der Waals surface area (Å²) in [6, 6.07) is 13.9. The number of hydrogen-bond donors (Lipinski definition) is 2. The van der Waals surface area contributed by atoms with Crippen LogP contribution in [0.4, 0.5) is 11.8 Å². The van der Waals surface area contributed by atoms with Crippen LogP contribution >= 0.6 is 15.9 Å². The number of nitrogens with one attached hydrogen (secondary N) is 2. The first-order valence-corrected chi connectivity index (χ1v) is 8.95. The van der Waals surface area contributed by atoms with Crippen LogP contribution in [0.3, 0.4) is 0 Å². The van der Waals surface area contributed by atoms with Crippen LogP contribution in [0.2, 0.25) is 0 Å². The van der Waals surface area contributed by atoms with Crippen LogP contribution in [0.15, 0.2) is 65.5 Å². The molecule has 0 aliphatic heterocycles. The Kier molecular flexibility index (Phi) is 4.74. The summed E-state index contributed by atoms with van der Waals surface area (Å²) in [6.45, 7) is 1.36. The molecule has 0 saturated heterocycles. The standard InChI is InChI=1S/C18H16BrN7/c19-14-12-24-26-16(20-9-10-23-18-21-7-4-8-22-18)11-15(25-17(14)26)13-5-2-1-3-6-13/h1-8,11-12,20H,9-10H2,(H,21,22,23). The van der Waals surface area contributed by atoms with Gasteiger partial charge in [0, 0.05) is 37.1 Å². The molecule has 0 saturated carbocycles. The number of aromatic nitrogens is 5. The molecule has 0 amide bonds. The Balaban J connectivity index is 1.55. The van der Waals surface area contributed by atoms with Gasteiger partial charge in [-0.25, -0.2) is 15.0 Å². The Hall–Kier alpha value is -3.00. The average molecular weight is 410 g/mol. The summed E-state index contributed by atoms with van der Waals surface area (Å²) in [6.07, 6.45) is 5.17. The highest BCUT2D eigenvalue weighted by Gasteiger charge is 2.11. The fourth-order valence-corrected chi connectivity index (χ4v) is 2.92. The molecule has 0 aliphatic carbocycles. The Labute approximate surface area is 158 Å². The van der Waals surface area contributed by atoms with Gasteiger partial charge in [-0.3, -0.25) is 0 Å². The normalized spacial score (nSPS) is 10.8. The second-order valence-corrected chi connectivity index (χ2v) is 6.40. The molecule has 7 nitrogen and oxygen atoms in total. The van der Waals surface area contributed by atoms with Gasteiger partial charge in [-0.2, -0.15) is 9.61 Å². The summed E-state index contributed by atoms with van der Waals surface area (Å²) >= 11 is 3.52. The zero-order valence-electron chi connectivity index (χ0n) is 13.8. The molecule has 1 aromatic carbocycles. The molecule has 3 aromatic heterocycles. The van der Waals surface area contributed by atoms with Crippen molar-refractivity contribution in [2.75, 3.05) is 23.7 Å². The van der Waals surface area contributed by atoms with E-state index in [9.17, 15) is 0 Å². The molecule has 0 bridgehead atoms. The minimum Gasteiger partial charge on any atom is -0.368 e. The Morgan fingerprint density at radius 1 is 0.962 bits per heavy atom. The molecule has 0 fully saturated rings. The molecule has 0 aliphatic rings. The lowest BCUT2D eigenvalue weighted by Crippen LogP contribution is -2.17. The van der Waals surface area contributed by atoms with Crippen molar-refractivity contribution in [3.63, 3.8) is 0 Å². The van der Waals surface area contributed by atoms with Gasteiger partial charge in [-0.15, -0.1) is 0 Å². The van der Waals surface area contributed by atoms with Crippen LogP contribution in [0.25, 0.3) is 16.9 Å². The molecule has 26 heavy (non-hydrogen) atoms. The zero-order valence-corrected chi connectivity index (χ0v) is 15.4. The highest BCUT2D eigenvalue weighted by atomic mass is 79.9. The minimum atomic E-state index is 0.612. The molecule has 4 rings (SSSR count). The van der Waals surface area contributed by atoms with Gasteiger partial charge >= 0.3 is 0 Å². The number of halogens is 1. The molecule has 4 aromatic rings. The van der Waals surface area contributed by atoms with Crippen molar-refractivity contribution in [2.45, 2.75) is 0 Å². The fourth-order valence-electron chi connectivity index (χ4n) is 2.57. The molecule has 0 unspecified atom stereocenters. The van der Waals surface area contributed by atoms with E-state index < -0.39 is 0 Å². The van der Waals surface area contributed by atoms with Crippen molar-refractivity contribution in [2.24, 2.45) is 0 Å². The minimum absolute atomic E-state index is 0.612. The van der Waals surface area contributed by atoms with Gasteiger partial charge < -0.3 is 10.6 Å². The maximum absolute atomic E-state index is 4.72. The van der Waals surface area contributed by atoms with Crippen molar-refractivity contribution in [3.8, 4) is 11.3 Å². The fraction of sp³-hybridized carbons (Fsp3) is 0.111. The first kappa shape index (κ1) is 16.5. The van der Waals surface area contributed by atoms with Crippen LogP contribution < -0.4 is 10.6 Å². The van der Waals surface area contributed by atoms with Gasteiger partial charge in [0.1, 0.15) is 5.82 Å². The summed E-state index contributed by atoms with van der Waals surface area (Å²) in [7, 11) is 0. The van der Waals surface area contributed by atoms with E-state index >= 15 is 0 Å². The van der Waals surface area contributed by atoms with Crippen molar-refractivity contribution in [1.82, 2.24) is 24.6 Å². The SMILES string of the molecule is Brc1cnn2c(NCCNc3ncccn3)cc(-c3ccccc3)nc12. The number of hydrogen-bond acceptors (Lipinski definition) is 6. The molecule has 0 radical (unpaired) electrons. The summed E-state index contributed by atoms with van der Waals surface area (Å²) in [4.78, 5) is 13.0. The van der Waals surface area contributed by atoms with Crippen LogP contribution in [-0.2, 0) is 0 Å². The van der Waals surface area contributed by atoms with Crippen LogP contribution in [0.5, 0.6) is 0 Å². The molecule has 3 heterocycles. The Bertz CT molecular complexity index is 1000. The van der Waals surface area contributed by atoms with E-state index in [0.29, 0.717) is 19.0 Å². The maximum Gasteiger partial charge on any atom is 0.222 e. The smallest absolute Gasteiger partial charge is 0.222 e. The van der Waals surface area contributed by atoms with Gasteiger partial charge in [0.15, 0.2) is 5.65 Å². The lowest BCUT2D eigenvalue weighted by molar-refractivity contribution is 0.922. The molecular formula is C18H16BrN7. The highest BCUT2D eigenvalue weighted by Crippen LogP contribution is 2.25. The summed E-state index contributed by atoms with van der Waals surface area (Å²) in [5, 5.41) is 11.0. The van der Waals surface area contributed by atoms with E-state index in [4.69, 9.17) is 4.98 Å². The van der Waals surface area contributed by atoms with Crippen LogP contribution in [-0.4, -0.2) is 37.7 Å². The third kappa shape index (κ3) is 3.50. The molecule has 2 N–H and O–H groups in total. The van der Waals surface area contributed by atoms with Crippen molar-refractivity contribution >= 4 is 33.3 Å². The highest BCUT2D eigenvalue weighted by molar-refractivity contribution is 9.10. The average Bonchev–Trinajstić information content (AvgIpc) is 3.08. The second-order valence-electron chi connectivity index (χ2n) is 5.55. The predicted octanol–water partition coefficient (Wildman–Crippen LogP) is 3.47. The van der Waals surface area contributed by atoms with Crippen molar-refractivity contribution in [3.05, 3.63) is 65.5 Å². The van der Waals surface area contributed by atoms with Crippen molar-refractivity contribution in [1.29, 1.82) is 0 Å². The molecule has 8 heteroatoms. The number of fused-ring (bicyclic) bond motifs is 1. The monoisotopic (exact) mass is 409 g/mol. The van der Waals surface area contributed by atoms with Gasteiger partial charge in [0.05, 0.1) is 16.4 Å². The van der Waals surface area contributed by atoms with E-state index in [2.05, 4.69) is 41.6 Å². The Morgan fingerprint density at radius 3 is 2.54 bits per heavy atom. The summed E-state index contributed by atoms with van der Waals surface area (Å²) < 4.78 is 2.64. The summed E-state index contributed by atoms with van der Waals surface area (Å²) in [5.41, 5.74) is 2.72. The molecule has 0 atom stereocenters. The molecular weight excluding hydrogens is 394 g/mol. The molecule has 130 valence electrons. The zero-order chi connectivity index (χ0) is 17.8. The van der Waals surface area contributed by atoms with E-state index in [1.54, 1.807) is 29.2 Å². The predicted molar refractivity (Wildman–Crippen MR) is 105 cm³/mol. The first-order chi connectivity index (χ1) is 12.8.